The summed E-state index contributed by atoms with van der Waals surface area (Å²) in [7, 11) is 0. The summed E-state index contributed by atoms with van der Waals surface area (Å²) >= 11 is 0. The average molecular weight is 652 g/mol. The summed E-state index contributed by atoms with van der Waals surface area (Å²) in [5, 5.41) is 0.305. The van der Waals surface area contributed by atoms with Crippen LogP contribution >= 0.6 is 0 Å². The maximum absolute atomic E-state index is 14.5. The molecule has 0 fully saturated rings. The van der Waals surface area contributed by atoms with Crippen LogP contribution in [0, 0.1) is 40.7 Å². The zero-order valence-corrected chi connectivity index (χ0v) is 24.5. The Balaban J connectivity index is 1.57. The van der Waals surface area contributed by atoms with E-state index in [2.05, 4.69) is 4.98 Å². The number of rotatable bonds is 6. The maximum Gasteiger partial charge on any atom is 0.160 e. The van der Waals surface area contributed by atoms with Crippen LogP contribution in [-0.4, -0.2) is 9.97 Å². The van der Waals surface area contributed by atoms with E-state index in [1.165, 1.54) is 36.4 Å². The third-order valence-corrected chi connectivity index (χ3v) is 7.61. The van der Waals surface area contributed by atoms with Gasteiger partial charge in [0.1, 0.15) is 40.7 Å². The molecular formula is C38H20F7N3. The van der Waals surface area contributed by atoms with Crippen molar-refractivity contribution in [2.45, 2.75) is 0 Å². The van der Waals surface area contributed by atoms with E-state index in [0.717, 1.165) is 30.3 Å². The number of aromatic nitrogens is 2. The molecule has 7 aromatic rings. The van der Waals surface area contributed by atoms with Crippen molar-refractivity contribution in [2.24, 2.45) is 0 Å². The molecule has 7 rings (SSSR count). The molecule has 0 aliphatic heterocycles. The molecule has 0 atom stereocenters. The molecule has 236 valence electrons. The summed E-state index contributed by atoms with van der Waals surface area (Å²) in [6, 6.07) is 25.7. The molecule has 1 heterocycles. The first-order valence-corrected chi connectivity index (χ1v) is 14.5. The number of nitrogens with zero attached hydrogens (tertiary/aromatic N) is 3. The van der Waals surface area contributed by atoms with E-state index in [1.54, 1.807) is 47.4 Å². The third kappa shape index (κ3) is 5.95. The van der Waals surface area contributed by atoms with Gasteiger partial charge >= 0.3 is 0 Å². The first-order chi connectivity index (χ1) is 23.1. The van der Waals surface area contributed by atoms with Crippen molar-refractivity contribution in [3.8, 4) is 33.8 Å². The van der Waals surface area contributed by atoms with Crippen molar-refractivity contribution < 1.29 is 30.7 Å². The van der Waals surface area contributed by atoms with Crippen LogP contribution in [0.4, 0.5) is 47.8 Å². The fourth-order valence-corrected chi connectivity index (χ4v) is 5.66. The molecule has 0 bridgehead atoms. The van der Waals surface area contributed by atoms with Crippen LogP contribution in [0.25, 0.3) is 44.7 Å². The largest absolute Gasteiger partial charge is 0.308 e. The Kier molecular flexibility index (Phi) is 7.84. The minimum atomic E-state index is -0.899. The molecule has 3 nitrogen and oxygen atoms in total. The molecule has 0 unspecified atom stereocenters. The van der Waals surface area contributed by atoms with Crippen LogP contribution in [0.1, 0.15) is 0 Å². The number of fused-ring (bicyclic) bond motifs is 1. The fourth-order valence-electron chi connectivity index (χ4n) is 5.66. The van der Waals surface area contributed by atoms with Crippen molar-refractivity contribution in [3.63, 3.8) is 0 Å². The van der Waals surface area contributed by atoms with Crippen molar-refractivity contribution in [3.05, 3.63) is 162 Å². The fraction of sp³-hybridized carbons (Fsp3) is 0. The standard InChI is InChI=1S/C38H20F7N3/c39-24-8-10-31(11-9-24)48(34-6-2-1-4-32(34)21-12-25(40)18-26(41)13-21)35-7-3-5-33-36(22-14-27(42)19-28(43)15-22)46-38(47-37(33)35)23-16-29(44)20-30(45)17-23/h1-20H. The lowest BCUT2D eigenvalue weighted by molar-refractivity contribution is 0.583. The number of hydrogen-bond donors (Lipinski definition) is 0. The number of halogens is 7. The Morgan fingerprint density at radius 2 is 0.938 bits per heavy atom. The number of anilines is 3. The molecule has 0 radical (unpaired) electrons. The second-order valence-electron chi connectivity index (χ2n) is 10.9. The monoisotopic (exact) mass is 651 g/mol. The van der Waals surface area contributed by atoms with Gasteiger partial charge in [0.2, 0.25) is 0 Å². The summed E-state index contributed by atoms with van der Waals surface area (Å²) in [4.78, 5) is 10.9. The van der Waals surface area contributed by atoms with Crippen molar-refractivity contribution in [1.29, 1.82) is 0 Å². The van der Waals surface area contributed by atoms with Gasteiger partial charge in [-0.25, -0.2) is 40.7 Å². The Morgan fingerprint density at radius 3 is 1.54 bits per heavy atom. The van der Waals surface area contributed by atoms with E-state index in [4.69, 9.17) is 4.98 Å². The van der Waals surface area contributed by atoms with Crippen molar-refractivity contribution in [1.82, 2.24) is 9.97 Å². The SMILES string of the molecule is Fc1ccc(N(c2ccccc2-c2cc(F)cc(F)c2)c2cccc3c(-c4cc(F)cc(F)c4)nc(-c4cc(F)cc(F)c4)nc23)cc1. The first kappa shape index (κ1) is 30.6. The van der Waals surface area contributed by atoms with Gasteiger partial charge in [-0.15, -0.1) is 0 Å². The van der Waals surface area contributed by atoms with Gasteiger partial charge in [-0.2, -0.15) is 0 Å². The maximum atomic E-state index is 14.5. The van der Waals surface area contributed by atoms with Gasteiger partial charge < -0.3 is 4.90 Å². The normalized spacial score (nSPS) is 11.2. The highest BCUT2D eigenvalue weighted by molar-refractivity contribution is 6.04. The highest BCUT2D eigenvalue weighted by Crippen LogP contribution is 2.44. The summed E-state index contributed by atoms with van der Waals surface area (Å²) in [6.07, 6.45) is 0. The van der Waals surface area contributed by atoms with E-state index in [9.17, 15) is 30.7 Å². The Morgan fingerprint density at radius 1 is 0.417 bits per heavy atom. The second kappa shape index (κ2) is 12.3. The van der Waals surface area contributed by atoms with E-state index < -0.39 is 40.7 Å². The van der Waals surface area contributed by atoms with Gasteiger partial charge in [0.25, 0.3) is 0 Å². The van der Waals surface area contributed by atoms with Crippen LogP contribution in [0.5, 0.6) is 0 Å². The van der Waals surface area contributed by atoms with E-state index in [-0.39, 0.29) is 33.7 Å². The molecular weight excluding hydrogens is 631 g/mol. The van der Waals surface area contributed by atoms with Gasteiger partial charge in [-0.1, -0.05) is 30.3 Å². The lowest BCUT2D eigenvalue weighted by Crippen LogP contribution is -2.13. The topological polar surface area (TPSA) is 29.0 Å². The number of hydrogen-bond acceptors (Lipinski definition) is 3. The lowest BCUT2D eigenvalue weighted by Gasteiger charge is -2.29. The van der Waals surface area contributed by atoms with E-state index in [1.807, 2.05) is 0 Å². The Hall–Kier alpha value is -6.03. The summed E-state index contributed by atoms with van der Waals surface area (Å²) < 4.78 is 101. The lowest BCUT2D eigenvalue weighted by atomic mass is 10.00. The van der Waals surface area contributed by atoms with Crippen LogP contribution < -0.4 is 4.90 Å². The summed E-state index contributed by atoms with van der Waals surface area (Å²) in [5.41, 5.74) is 1.94. The Labute approximate surface area is 269 Å². The molecule has 0 amide bonds. The predicted octanol–water partition coefficient (Wildman–Crippen LogP) is 11.1. The molecule has 0 spiro atoms. The highest BCUT2D eigenvalue weighted by atomic mass is 19.2. The van der Waals surface area contributed by atoms with Crippen LogP contribution in [0.2, 0.25) is 0 Å². The number of benzene rings is 6. The van der Waals surface area contributed by atoms with Gasteiger partial charge in [0, 0.05) is 46.0 Å². The minimum absolute atomic E-state index is 0.0270. The van der Waals surface area contributed by atoms with Gasteiger partial charge in [0.05, 0.1) is 22.6 Å². The zero-order chi connectivity index (χ0) is 33.5. The first-order valence-electron chi connectivity index (χ1n) is 14.5. The van der Waals surface area contributed by atoms with Crippen molar-refractivity contribution in [2.75, 3.05) is 4.90 Å². The summed E-state index contributed by atoms with van der Waals surface area (Å²) in [5.74, 6) is -5.84. The molecule has 0 saturated heterocycles. The molecule has 0 aliphatic rings. The predicted molar refractivity (Wildman–Crippen MR) is 170 cm³/mol. The minimum Gasteiger partial charge on any atom is -0.308 e. The average Bonchev–Trinajstić information content (AvgIpc) is 3.04. The second-order valence-corrected chi connectivity index (χ2v) is 10.9. The van der Waals surface area contributed by atoms with Gasteiger partial charge in [-0.05, 0) is 78.4 Å². The van der Waals surface area contributed by atoms with Crippen LogP contribution in [0.3, 0.4) is 0 Å². The molecule has 48 heavy (non-hydrogen) atoms. The van der Waals surface area contributed by atoms with Crippen LogP contribution in [-0.2, 0) is 0 Å². The molecule has 1 aromatic heterocycles. The van der Waals surface area contributed by atoms with Gasteiger partial charge in [0.15, 0.2) is 5.82 Å². The van der Waals surface area contributed by atoms with E-state index in [0.29, 0.717) is 40.1 Å². The molecule has 0 N–H and O–H groups in total. The molecule has 6 aromatic carbocycles. The molecule has 0 saturated carbocycles. The summed E-state index contributed by atoms with van der Waals surface area (Å²) in [6.45, 7) is 0. The molecule has 10 heteroatoms. The Bertz CT molecular complexity index is 2280. The van der Waals surface area contributed by atoms with Gasteiger partial charge in [-0.3, -0.25) is 0 Å². The number of para-hydroxylation sites is 2. The zero-order valence-electron chi connectivity index (χ0n) is 24.5. The highest BCUT2D eigenvalue weighted by Gasteiger charge is 2.23. The van der Waals surface area contributed by atoms with Crippen LogP contribution in [0.15, 0.2) is 121 Å². The van der Waals surface area contributed by atoms with E-state index >= 15 is 0 Å². The van der Waals surface area contributed by atoms with Crippen molar-refractivity contribution >= 4 is 28.0 Å². The quantitative estimate of drug-likeness (QED) is 0.168. The molecule has 0 aliphatic carbocycles. The smallest absolute Gasteiger partial charge is 0.160 e. The third-order valence-electron chi connectivity index (χ3n) is 7.61.